The van der Waals surface area contributed by atoms with E-state index in [2.05, 4.69) is 4.74 Å². The number of carbonyl (C=O) groups excluding carboxylic acids is 1. The summed E-state index contributed by atoms with van der Waals surface area (Å²) in [7, 11) is 1.24. The van der Waals surface area contributed by atoms with Crippen LogP contribution in [0, 0.1) is 0 Å². The first-order valence-corrected chi connectivity index (χ1v) is 2.59. The number of esters is 1. The van der Waals surface area contributed by atoms with Crippen LogP contribution in [0.5, 0.6) is 0 Å². The van der Waals surface area contributed by atoms with Gasteiger partial charge in [0.2, 0.25) is 0 Å². The molecule has 3 nitrogen and oxygen atoms in total. The lowest BCUT2D eigenvalue weighted by molar-refractivity contribution is -0.141. The van der Waals surface area contributed by atoms with E-state index >= 15 is 0 Å². The zero-order valence-electron chi connectivity index (χ0n) is 5.67. The fourth-order valence-electron chi connectivity index (χ4n) is 0.352. The van der Waals surface area contributed by atoms with Crippen LogP contribution in [0.4, 0.5) is 4.39 Å². The number of nitrogens with two attached hydrogens (primary N) is 1. The summed E-state index contributed by atoms with van der Waals surface area (Å²) in [6.45, 7) is -0.685. The lowest BCUT2D eigenvalue weighted by atomic mass is 10.2. The van der Waals surface area contributed by atoms with Crippen LogP contribution < -0.4 is 5.73 Å². The molecular formula is C5H11ClFNO2. The molecule has 62 valence electrons. The van der Waals surface area contributed by atoms with E-state index in [0.29, 0.717) is 0 Å². The lowest BCUT2D eigenvalue weighted by Crippen LogP contribution is -2.26. The Labute approximate surface area is 65.1 Å². The van der Waals surface area contributed by atoms with Gasteiger partial charge in [-0.15, -0.1) is 12.4 Å². The van der Waals surface area contributed by atoms with Gasteiger partial charge in [-0.25, -0.2) is 4.39 Å². The number of methoxy groups -OCH3 is 1. The van der Waals surface area contributed by atoms with Gasteiger partial charge >= 0.3 is 5.97 Å². The van der Waals surface area contributed by atoms with Gasteiger partial charge in [-0.3, -0.25) is 4.79 Å². The molecule has 0 aromatic heterocycles. The Morgan fingerprint density at radius 1 is 1.80 bits per heavy atom. The third-order valence-corrected chi connectivity index (χ3v) is 0.855. The maximum absolute atomic E-state index is 11.6. The maximum Gasteiger partial charge on any atom is 0.307 e. The average molecular weight is 172 g/mol. The number of hydrogen-bond donors (Lipinski definition) is 1. The normalized spacial score (nSPS) is 11.5. The molecule has 1 atom stereocenters. The predicted octanol–water partition coefficient (Wildman–Crippen LogP) is 0.268. The monoisotopic (exact) mass is 171 g/mol. The first kappa shape index (κ1) is 12.3. The second-order valence-corrected chi connectivity index (χ2v) is 1.69. The highest BCUT2D eigenvalue weighted by Crippen LogP contribution is 1.90. The van der Waals surface area contributed by atoms with E-state index in [0.717, 1.165) is 0 Å². The van der Waals surface area contributed by atoms with Gasteiger partial charge in [0, 0.05) is 6.04 Å². The molecule has 0 spiro atoms. The van der Waals surface area contributed by atoms with Crippen molar-refractivity contribution in [3.63, 3.8) is 0 Å². The van der Waals surface area contributed by atoms with E-state index in [1.165, 1.54) is 7.11 Å². The van der Waals surface area contributed by atoms with Crippen LogP contribution in [0.15, 0.2) is 0 Å². The van der Waals surface area contributed by atoms with Crippen LogP contribution in [0.2, 0.25) is 0 Å². The van der Waals surface area contributed by atoms with Crippen molar-refractivity contribution in [3.8, 4) is 0 Å². The SMILES string of the molecule is COC(=O)CC(N)CF.Cl. The second kappa shape index (κ2) is 6.77. The van der Waals surface area contributed by atoms with Crippen LogP contribution >= 0.6 is 12.4 Å². The molecule has 0 aromatic carbocycles. The van der Waals surface area contributed by atoms with E-state index in [1.807, 2.05) is 0 Å². The topological polar surface area (TPSA) is 52.3 Å². The molecule has 5 heteroatoms. The molecule has 0 aromatic rings. The summed E-state index contributed by atoms with van der Waals surface area (Å²) in [6.07, 6.45) is -0.0486. The third-order valence-electron chi connectivity index (χ3n) is 0.855. The van der Waals surface area contributed by atoms with Gasteiger partial charge in [-0.05, 0) is 0 Å². The van der Waals surface area contributed by atoms with Crippen LogP contribution in [0.25, 0.3) is 0 Å². The largest absolute Gasteiger partial charge is 0.469 e. The third kappa shape index (κ3) is 5.78. The van der Waals surface area contributed by atoms with Gasteiger partial charge in [0.15, 0.2) is 0 Å². The standard InChI is InChI=1S/C5H10FNO2.ClH/c1-9-5(8)2-4(7)3-6;/h4H,2-3,7H2,1H3;1H. The van der Waals surface area contributed by atoms with E-state index < -0.39 is 18.7 Å². The molecule has 0 amide bonds. The summed E-state index contributed by atoms with van der Waals surface area (Å²) in [5, 5.41) is 0. The molecule has 0 rings (SSSR count). The van der Waals surface area contributed by atoms with Crippen LogP contribution in [-0.4, -0.2) is 25.8 Å². The van der Waals surface area contributed by atoms with Crippen molar-refractivity contribution in [1.29, 1.82) is 0 Å². The molecule has 0 saturated carbocycles. The Balaban J connectivity index is 0. The molecule has 0 aliphatic carbocycles. The van der Waals surface area contributed by atoms with E-state index in [4.69, 9.17) is 5.73 Å². The molecule has 0 aliphatic rings. The zero-order valence-corrected chi connectivity index (χ0v) is 6.49. The van der Waals surface area contributed by atoms with Crippen molar-refractivity contribution in [2.24, 2.45) is 5.73 Å². The van der Waals surface area contributed by atoms with Gasteiger partial charge in [0.05, 0.1) is 13.5 Å². The summed E-state index contributed by atoms with van der Waals surface area (Å²) in [4.78, 5) is 10.3. The molecule has 0 aliphatic heterocycles. The molecule has 0 radical (unpaired) electrons. The van der Waals surface area contributed by atoms with Crippen molar-refractivity contribution in [1.82, 2.24) is 0 Å². The van der Waals surface area contributed by atoms with Crippen LogP contribution in [0.3, 0.4) is 0 Å². The van der Waals surface area contributed by atoms with Gasteiger partial charge < -0.3 is 10.5 Å². The fourth-order valence-corrected chi connectivity index (χ4v) is 0.352. The molecule has 0 heterocycles. The molecule has 0 bridgehead atoms. The highest BCUT2D eigenvalue weighted by Gasteiger charge is 2.07. The summed E-state index contributed by atoms with van der Waals surface area (Å²) >= 11 is 0. The number of hydrogen-bond acceptors (Lipinski definition) is 3. The minimum Gasteiger partial charge on any atom is -0.469 e. The average Bonchev–Trinajstić information content (AvgIpc) is 1.87. The molecule has 0 saturated heterocycles. The molecule has 10 heavy (non-hydrogen) atoms. The summed E-state index contributed by atoms with van der Waals surface area (Å²) in [6, 6.07) is -0.711. The predicted molar refractivity (Wildman–Crippen MR) is 37.8 cm³/mol. The quantitative estimate of drug-likeness (QED) is 0.621. The summed E-state index contributed by atoms with van der Waals surface area (Å²) in [5.74, 6) is -0.472. The molecule has 2 N–H and O–H groups in total. The summed E-state index contributed by atoms with van der Waals surface area (Å²) in [5.41, 5.74) is 5.07. The number of halogens is 2. The van der Waals surface area contributed by atoms with Gasteiger partial charge in [0.1, 0.15) is 6.67 Å². The van der Waals surface area contributed by atoms with Crippen molar-refractivity contribution >= 4 is 18.4 Å². The Kier molecular flexibility index (Phi) is 8.35. The highest BCUT2D eigenvalue weighted by atomic mass is 35.5. The molecule has 0 fully saturated rings. The number of carbonyl (C=O) groups is 1. The van der Waals surface area contributed by atoms with Crippen molar-refractivity contribution in [2.45, 2.75) is 12.5 Å². The molecular weight excluding hydrogens is 161 g/mol. The van der Waals surface area contributed by atoms with Crippen molar-refractivity contribution < 1.29 is 13.9 Å². The van der Waals surface area contributed by atoms with E-state index in [1.54, 1.807) is 0 Å². The summed E-state index contributed by atoms with van der Waals surface area (Å²) < 4.78 is 15.8. The number of rotatable bonds is 3. The minimum atomic E-state index is -0.711. The Bertz CT molecular complexity index is 102. The van der Waals surface area contributed by atoms with Gasteiger partial charge in [-0.1, -0.05) is 0 Å². The van der Waals surface area contributed by atoms with Crippen molar-refractivity contribution in [3.05, 3.63) is 0 Å². The van der Waals surface area contributed by atoms with E-state index in [9.17, 15) is 9.18 Å². The van der Waals surface area contributed by atoms with Crippen LogP contribution in [0.1, 0.15) is 6.42 Å². The van der Waals surface area contributed by atoms with Crippen LogP contribution in [-0.2, 0) is 9.53 Å². The zero-order chi connectivity index (χ0) is 7.28. The number of alkyl halides is 1. The van der Waals surface area contributed by atoms with Gasteiger partial charge in [0.25, 0.3) is 0 Å². The lowest BCUT2D eigenvalue weighted by Gasteiger charge is -2.02. The Hall–Kier alpha value is -0.350. The minimum absolute atomic E-state index is 0. The highest BCUT2D eigenvalue weighted by molar-refractivity contribution is 5.85. The van der Waals surface area contributed by atoms with Crippen molar-refractivity contribution in [2.75, 3.05) is 13.8 Å². The second-order valence-electron chi connectivity index (χ2n) is 1.69. The Morgan fingerprint density at radius 2 is 2.30 bits per heavy atom. The van der Waals surface area contributed by atoms with E-state index in [-0.39, 0.29) is 18.8 Å². The van der Waals surface area contributed by atoms with Gasteiger partial charge in [-0.2, -0.15) is 0 Å². The Morgan fingerprint density at radius 3 is 2.60 bits per heavy atom. The number of ether oxygens (including phenoxy) is 1. The first-order valence-electron chi connectivity index (χ1n) is 2.59. The molecule has 1 unspecified atom stereocenters. The smallest absolute Gasteiger partial charge is 0.307 e. The first-order chi connectivity index (χ1) is 4.20. The maximum atomic E-state index is 11.6. The fraction of sp³-hybridized carbons (Fsp3) is 0.800.